The number of rotatable bonds is 1. The minimum absolute atomic E-state index is 0.0451. The molecule has 20 heavy (non-hydrogen) atoms. The molecule has 1 aliphatic carbocycles. The molecule has 3 nitrogen and oxygen atoms in total. The highest BCUT2D eigenvalue weighted by Crippen LogP contribution is 2.49. The molecule has 1 aliphatic heterocycles. The SMILES string of the molecule is COc1ccc2c(c1)[C@H](N)CC1(CCC(C)(C)CC1)O2. The number of nitrogens with two attached hydrogens (primary N) is 1. The zero-order valence-electron chi connectivity index (χ0n) is 12.7. The Morgan fingerprint density at radius 3 is 2.55 bits per heavy atom. The maximum absolute atomic E-state index is 6.41. The number of methoxy groups -OCH3 is 1. The minimum atomic E-state index is -0.0451. The molecule has 110 valence electrons. The molecular formula is C17H25NO2. The van der Waals surface area contributed by atoms with E-state index in [0.717, 1.165) is 36.3 Å². The molecule has 0 amide bonds. The van der Waals surface area contributed by atoms with Gasteiger partial charge >= 0.3 is 0 Å². The van der Waals surface area contributed by atoms with E-state index in [-0.39, 0.29) is 11.6 Å². The number of hydrogen-bond donors (Lipinski definition) is 1. The van der Waals surface area contributed by atoms with Crippen LogP contribution in [0.1, 0.15) is 57.6 Å². The van der Waals surface area contributed by atoms with Crippen molar-refractivity contribution in [3.63, 3.8) is 0 Å². The molecule has 1 aromatic rings. The zero-order chi connectivity index (χ0) is 14.4. The van der Waals surface area contributed by atoms with Crippen molar-refractivity contribution in [3.8, 4) is 11.5 Å². The van der Waals surface area contributed by atoms with Crippen LogP contribution in [-0.4, -0.2) is 12.7 Å². The standard InChI is InChI=1S/C17H25NO2/c1-16(2)6-8-17(9-7-16)11-14(18)13-10-12(19-3)4-5-15(13)20-17/h4-5,10,14H,6-9,11,18H2,1-3H3/t14-/m1/s1. The van der Waals surface area contributed by atoms with Gasteiger partial charge in [0.2, 0.25) is 0 Å². The van der Waals surface area contributed by atoms with Gasteiger partial charge in [-0.3, -0.25) is 0 Å². The van der Waals surface area contributed by atoms with Gasteiger partial charge in [0.25, 0.3) is 0 Å². The molecule has 1 atom stereocenters. The van der Waals surface area contributed by atoms with Crippen LogP contribution in [0.15, 0.2) is 18.2 Å². The van der Waals surface area contributed by atoms with Crippen molar-refractivity contribution in [3.05, 3.63) is 23.8 Å². The van der Waals surface area contributed by atoms with Crippen molar-refractivity contribution in [2.24, 2.45) is 11.1 Å². The van der Waals surface area contributed by atoms with Gasteiger partial charge in [0.1, 0.15) is 17.1 Å². The Labute approximate surface area is 121 Å². The molecular weight excluding hydrogens is 250 g/mol. The van der Waals surface area contributed by atoms with E-state index in [1.165, 1.54) is 12.8 Å². The summed E-state index contributed by atoms with van der Waals surface area (Å²) in [6.07, 6.45) is 5.57. The van der Waals surface area contributed by atoms with Crippen LogP contribution in [-0.2, 0) is 0 Å². The summed E-state index contributed by atoms with van der Waals surface area (Å²) < 4.78 is 11.7. The van der Waals surface area contributed by atoms with Gasteiger partial charge in [0, 0.05) is 18.0 Å². The lowest BCUT2D eigenvalue weighted by atomic mass is 9.68. The van der Waals surface area contributed by atoms with Gasteiger partial charge in [0.15, 0.2) is 0 Å². The molecule has 1 spiro atoms. The lowest BCUT2D eigenvalue weighted by molar-refractivity contribution is -0.0260. The van der Waals surface area contributed by atoms with Gasteiger partial charge in [-0.05, 0) is 49.3 Å². The molecule has 2 N–H and O–H groups in total. The normalized spacial score (nSPS) is 26.7. The molecule has 0 radical (unpaired) electrons. The van der Waals surface area contributed by atoms with Gasteiger partial charge < -0.3 is 15.2 Å². The first-order valence-corrected chi connectivity index (χ1v) is 7.56. The van der Waals surface area contributed by atoms with E-state index >= 15 is 0 Å². The van der Waals surface area contributed by atoms with Crippen molar-refractivity contribution in [2.75, 3.05) is 7.11 Å². The molecule has 1 saturated carbocycles. The Morgan fingerprint density at radius 1 is 1.20 bits per heavy atom. The number of fused-ring (bicyclic) bond motifs is 1. The summed E-state index contributed by atoms with van der Waals surface area (Å²) in [6.45, 7) is 4.70. The third kappa shape index (κ3) is 2.39. The average molecular weight is 275 g/mol. The zero-order valence-corrected chi connectivity index (χ0v) is 12.7. The lowest BCUT2D eigenvalue weighted by Crippen LogP contribution is -2.46. The molecule has 0 unspecified atom stereocenters. The summed E-state index contributed by atoms with van der Waals surface area (Å²) in [6, 6.07) is 6.03. The lowest BCUT2D eigenvalue weighted by Gasteiger charge is -2.47. The van der Waals surface area contributed by atoms with E-state index in [0.29, 0.717) is 5.41 Å². The molecule has 3 rings (SSSR count). The molecule has 2 aliphatic rings. The Hall–Kier alpha value is -1.22. The Bertz CT molecular complexity index is 500. The average Bonchev–Trinajstić information content (AvgIpc) is 2.43. The van der Waals surface area contributed by atoms with Crippen LogP contribution in [0.5, 0.6) is 11.5 Å². The predicted molar refractivity (Wildman–Crippen MR) is 80.1 cm³/mol. The van der Waals surface area contributed by atoms with Crippen molar-refractivity contribution < 1.29 is 9.47 Å². The van der Waals surface area contributed by atoms with E-state index in [1.54, 1.807) is 7.11 Å². The van der Waals surface area contributed by atoms with E-state index in [2.05, 4.69) is 13.8 Å². The first-order valence-electron chi connectivity index (χ1n) is 7.56. The monoisotopic (exact) mass is 275 g/mol. The summed E-state index contributed by atoms with van der Waals surface area (Å²) in [5.41, 5.74) is 7.89. The Morgan fingerprint density at radius 2 is 1.90 bits per heavy atom. The molecule has 3 heteroatoms. The fraction of sp³-hybridized carbons (Fsp3) is 0.647. The molecule has 1 heterocycles. The van der Waals surface area contributed by atoms with Crippen LogP contribution in [0, 0.1) is 5.41 Å². The second-order valence-corrected chi connectivity index (χ2v) is 7.16. The highest BCUT2D eigenvalue weighted by atomic mass is 16.5. The first-order chi connectivity index (χ1) is 9.43. The molecule has 0 aromatic heterocycles. The molecule has 0 bridgehead atoms. The van der Waals surface area contributed by atoms with Crippen molar-refractivity contribution in [2.45, 2.75) is 57.6 Å². The highest BCUT2D eigenvalue weighted by Gasteiger charge is 2.44. The topological polar surface area (TPSA) is 44.5 Å². The van der Waals surface area contributed by atoms with Crippen molar-refractivity contribution >= 4 is 0 Å². The Kier molecular flexibility index (Phi) is 3.20. The fourth-order valence-corrected chi connectivity index (χ4v) is 3.51. The van der Waals surface area contributed by atoms with E-state index < -0.39 is 0 Å². The minimum Gasteiger partial charge on any atom is -0.497 e. The smallest absolute Gasteiger partial charge is 0.125 e. The largest absolute Gasteiger partial charge is 0.497 e. The highest BCUT2D eigenvalue weighted by molar-refractivity contribution is 5.44. The molecule has 0 saturated heterocycles. The molecule has 1 aromatic carbocycles. The summed E-state index contributed by atoms with van der Waals surface area (Å²) in [5.74, 6) is 1.80. The summed E-state index contributed by atoms with van der Waals surface area (Å²) >= 11 is 0. The van der Waals surface area contributed by atoms with Gasteiger partial charge in [-0.25, -0.2) is 0 Å². The van der Waals surface area contributed by atoms with Crippen LogP contribution in [0.2, 0.25) is 0 Å². The van der Waals surface area contributed by atoms with E-state index in [4.69, 9.17) is 15.2 Å². The van der Waals surface area contributed by atoms with Crippen molar-refractivity contribution in [1.29, 1.82) is 0 Å². The third-order valence-electron chi connectivity index (χ3n) is 5.05. The summed E-state index contributed by atoms with van der Waals surface area (Å²) in [7, 11) is 1.68. The van der Waals surface area contributed by atoms with E-state index in [9.17, 15) is 0 Å². The van der Waals surface area contributed by atoms with Gasteiger partial charge in [-0.2, -0.15) is 0 Å². The van der Waals surface area contributed by atoms with E-state index in [1.807, 2.05) is 18.2 Å². The van der Waals surface area contributed by atoms with Gasteiger partial charge in [0.05, 0.1) is 7.11 Å². The Balaban J connectivity index is 1.86. The summed E-state index contributed by atoms with van der Waals surface area (Å²) in [4.78, 5) is 0. The third-order valence-corrected chi connectivity index (χ3v) is 5.05. The van der Waals surface area contributed by atoms with Gasteiger partial charge in [-0.1, -0.05) is 13.8 Å². The maximum atomic E-state index is 6.41. The van der Waals surface area contributed by atoms with Crippen LogP contribution in [0.25, 0.3) is 0 Å². The maximum Gasteiger partial charge on any atom is 0.125 e. The number of ether oxygens (including phenoxy) is 2. The van der Waals surface area contributed by atoms with Crippen molar-refractivity contribution in [1.82, 2.24) is 0 Å². The van der Waals surface area contributed by atoms with Crippen LogP contribution in [0.4, 0.5) is 0 Å². The second kappa shape index (κ2) is 4.66. The van der Waals surface area contributed by atoms with Crippen LogP contribution >= 0.6 is 0 Å². The number of hydrogen-bond acceptors (Lipinski definition) is 3. The van der Waals surface area contributed by atoms with Crippen LogP contribution in [0.3, 0.4) is 0 Å². The van der Waals surface area contributed by atoms with Crippen LogP contribution < -0.4 is 15.2 Å². The van der Waals surface area contributed by atoms with Gasteiger partial charge in [-0.15, -0.1) is 0 Å². The second-order valence-electron chi connectivity index (χ2n) is 7.16. The first kappa shape index (κ1) is 13.7. The molecule has 1 fully saturated rings. The fourth-order valence-electron chi connectivity index (χ4n) is 3.51. The summed E-state index contributed by atoms with van der Waals surface area (Å²) in [5, 5.41) is 0. The number of benzene rings is 1. The quantitative estimate of drug-likeness (QED) is 0.847. The predicted octanol–water partition coefficient (Wildman–Crippen LogP) is 3.82.